The zero-order valence-corrected chi connectivity index (χ0v) is 14.8. The molecular formula is C16H19N5O4S. The van der Waals surface area contributed by atoms with Gasteiger partial charge in [0.15, 0.2) is 15.7 Å². The number of hydrogen-bond acceptors (Lipinski definition) is 7. The van der Waals surface area contributed by atoms with Crippen molar-refractivity contribution >= 4 is 15.9 Å². The van der Waals surface area contributed by atoms with E-state index >= 15 is 0 Å². The lowest BCUT2D eigenvalue weighted by Crippen LogP contribution is -2.60. The van der Waals surface area contributed by atoms with Crippen molar-refractivity contribution in [1.29, 1.82) is 0 Å². The second-order valence-corrected chi connectivity index (χ2v) is 8.59. The molecule has 2 amide bonds. The fourth-order valence-corrected chi connectivity index (χ4v) is 5.36. The van der Waals surface area contributed by atoms with E-state index in [0.29, 0.717) is 24.8 Å². The Kier molecular flexibility index (Phi) is 4.37. The highest BCUT2D eigenvalue weighted by atomic mass is 32.2. The lowest BCUT2D eigenvalue weighted by atomic mass is 10.1. The molecule has 26 heavy (non-hydrogen) atoms. The molecule has 1 aromatic heterocycles. The first kappa shape index (κ1) is 17.0. The minimum atomic E-state index is -3.11. The fourth-order valence-electron chi connectivity index (χ4n) is 3.40. The Bertz CT molecular complexity index is 898. The topological polar surface area (TPSA) is 117 Å². The number of aromatic nitrogens is 2. The average molecular weight is 377 g/mol. The number of rotatable bonds is 3. The van der Waals surface area contributed by atoms with Crippen molar-refractivity contribution in [2.24, 2.45) is 0 Å². The third-order valence-electron chi connectivity index (χ3n) is 4.63. The SMILES string of the molecule is O=C(NCc1noc(-c2ccccc2)n1)N1CCN[C@H]2CS(=O)(=O)C[C@H]21. The smallest absolute Gasteiger partial charge is 0.318 e. The molecular weight excluding hydrogens is 358 g/mol. The molecule has 1 aromatic carbocycles. The summed E-state index contributed by atoms with van der Waals surface area (Å²) in [7, 11) is -3.11. The molecule has 0 saturated carbocycles. The third kappa shape index (κ3) is 3.42. The predicted molar refractivity (Wildman–Crippen MR) is 92.9 cm³/mol. The maximum atomic E-state index is 12.5. The second kappa shape index (κ2) is 6.69. The molecule has 138 valence electrons. The van der Waals surface area contributed by atoms with Crippen LogP contribution in [0.3, 0.4) is 0 Å². The van der Waals surface area contributed by atoms with E-state index in [2.05, 4.69) is 20.8 Å². The Hall–Kier alpha value is -2.46. The molecule has 0 bridgehead atoms. The van der Waals surface area contributed by atoms with E-state index in [1.165, 1.54) is 0 Å². The third-order valence-corrected chi connectivity index (χ3v) is 6.35. The van der Waals surface area contributed by atoms with Crippen molar-refractivity contribution in [3.63, 3.8) is 0 Å². The van der Waals surface area contributed by atoms with Crippen molar-refractivity contribution in [1.82, 2.24) is 25.7 Å². The van der Waals surface area contributed by atoms with Gasteiger partial charge in [0.25, 0.3) is 5.89 Å². The Labute approximate surface area is 150 Å². The van der Waals surface area contributed by atoms with Crippen LogP contribution in [0.2, 0.25) is 0 Å². The van der Waals surface area contributed by atoms with Crippen molar-refractivity contribution in [3.8, 4) is 11.5 Å². The normalized spacial score (nSPS) is 24.2. The number of nitrogens with zero attached hydrogens (tertiary/aromatic N) is 3. The van der Waals surface area contributed by atoms with Crippen LogP contribution in [0, 0.1) is 0 Å². The lowest BCUT2D eigenvalue weighted by molar-refractivity contribution is 0.151. The number of amides is 2. The second-order valence-electron chi connectivity index (χ2n) is 6.44. The zero-order chi connectivity index (χ0) is 18.1. The molecule has 3 heterocycles. The van der Waals surface area contributed by atoms with Crippen LogP contribution in [0.4, 0.5) is 4.79 Å². The zero-order valence-electron chi connectivity index (χ0n) is 14.0. The monoisotopic (exact) mass is 377 g/mol. The molecule has 0 radical (unpaired) electrons. The fraction of sp³-hybridized carbons (Fsp3) is 0.438. The van der Waals surface area contributed by atoms with Gasteiger partial charge in [0.05, 0.1) is 24.1 Å². The summed E-state index contributed by atoms with van der Waals surface area (Å²) in [6.07, 6.45) is 0. The van der Waals surface area contributed by atoms with E-state index in [1.54, 1.807) is 4.90 Å². The first-order valence-electron chi connectivity index (χ1n) is 8.38. The summed E-state index contributed by atoms with van der Waals surface area (Å²) in [6.45, 7) is 1.15. The van der Waals surface area contributed by atoms with Gasteiger partial charge in [-0.15, -0.1) is 0 Å². The summed E-state index contributed by atoms with van der Waals surface area (Å²) in [5, 5.41) is 9.80. The summed E-state index contributed by atoms with van der Waals surface area (Å²) in [4.78, 5) is 18.4. The van der Waals surface area contributed by atoms with Gasteiger partial charge in [-0.05, 0) is 12.1 Å². The van der Waals surface area contributed by atoms with Crippen LogP contribution >= 0.6 is 0 Å². The van der Waals surface area contributed by atoms with Crippen LogP contribution in [0.25, 0.3) is 11.5 Å². The molecule has 2 fully saturated rings. The molecule has 2 N–H and O–H groups in total. The van der Waals surface area contributed by atoms with Crippen LogP contribution in [0.1, 0.15) is 5.82 Å². The van der Waals surface area contributed by atoms with Gasteiger partial charge in [-0.25, -0.2) is 13.2 Å². The van der Waals surface area contributed by atoms with Crippen LogP contribution in [0.5, 0.6) is 0 Å². The quantitative estimate of drug-likeness (QED) is 0.774. The summed E-state index contributed by atoms with van der Waals surface area (Å²) in [5.41, 5.74) is 0.804. The standard InChI is InChI=1S/C16H19N5O4S/c22-16(21-7-6-17-12-9-26(23,24)10-13(12)21)18-8-14-19-15(25-20-14)11-4-2-1-3-5-11/h1-5,12-13,17H,6-10H2,(H,18,22)/t12-,13+/m0/s1. The molecule has 0 aliphatic carbocycles. The van der Waals surface area contributed by atoms with Gasteiger partial charge in [-0.2, -0.15) is 4.98 Å². The van der Waals surface area contributed by atoms with Gasteiger partial charge in [0, 0.05) is 24.7 Å². The lowest BCUT2D eigenvalue weighted by Gasteiger charge is -2.37. The molecule has 4 rings (SSSR count). The number of nitrogens with one attached hydrogen (secondary N) is 2. The minimum absolute atomic E-state index is 0.00154. The molecule has 0 spiro atoms. The largest absolute Gasteiger partial charge is 0.334 e. The van der Waals surface area contributed by atoms with Gasteiger partial charge < -0.3 is 20.1 Å². The number of piperazine rings is 1. The van der Waals surface area contributed by atoms with E-state index in [-0.39, 0.29) is 36.2 Å². The van der Waals surface area contributed by atoms with Gasteiger partial charge in [0.1, 0.15) is 0 Å². The number of carbonyl (C=O) groups excluding carboxylic acids is 1. The summed E-state index contributed by atoms with van der Waals surface area (Å²) >= 11 is 0. The molecule has 2 aliphatic heterocycles. The Morgan fingerprint density at radius 2 is 2.12 bits per heavy atom. The van der Waals surface area contributed by atoms with Crippen molar-refractivity contribution < 1.29 is 17.7 Å². The van der Waals surface area contributed by atoms with E-state index in [4.69, 9.17) is 4.52 Å². The maximum Gasteiger partial charge on any atom is 0.318 e. The van der Waals surface area contributed by atoms with Crippen LogP contribution < -0.4 is 10.6 Å². The highest BCUT2D eigenvalue weighted by molar-refractivity contribution is 7.91. The van der Waals surface area contributed by atoms with E-state index in [0.717, 1.165) is 5.56 Å². The number of urea groups is 1. The molecule has 2 saturated heterocycles. The summed E-state index contributed by atoms with van der Waals surface area (Å²) < 4.78 is 28.9. The number of sulfone groups is 1. The number of carbonyl (C=O) groups is 1. The molecule has 9 nitrogen and oxygen atoms in total. The van der Waals surface area contributed by atoms with Gasteiger partial charge in [-0.1, -0.05) is 23.4 Å². The van der Waals surface area contributed by atoms with E-state index < -0.39 is 9.84 Å². The number of benzene rings is 1. The van der Waals surface area contributed by atoms with Crippen molar-refractivity contribution in [2.75, 3.05) is 24.6 Å². The molecule has 0 unspecified atom stereocenters. The highest BCUT2D eigenvalue weighted by Gasteiger charge is 2.44. The van der Waals surface area contributed by atoms with Gasteiger partial charge in [-0.3, -0.25) is 0 Å². The van der Waals surface area contributed by atoms with Crippen LogP contribution in [-0.2, 0) is 16.4 Å². The van der Waals surface area contributed by atoms with Crippen LogP contribution in [0.15, 0.2) is 34.9 Å². The first-order valence-corrected chi connectivity index (χ1v) is 10.2. The average Bonchev–Trinajstić information content (AvgIpc) is 3.22. The van der Waals surface area contributed by atoms with Crippen molar-refractivity contribution in [2.45, 2.75) is 18.6 Å². The Morgan fingerprint density at radius 1 is 1.31 bits per heavy atom. The van der Waals surface area contributed by atoms with Crippen LogP contribution in [-0.4, -0.2) is 66.2 Å². The summed E-state index contributed by atoms with van der Waals surface area (Å²) in [5.74, 6) is 0.826. The number of fused-ring (bicyclic) bond motifs is 1. The Balaban J connectivity index is 1.39. The minimum Gasteiger partial charge on any atom is -0.334 e. The maximum absolute atomic E-state index is 12.5. The van der Waals surface area contributed by atoms with E-state index in [1.807, 2.05) is 30.3 Å². The van der Waals surface area contributed by atoms with E-state index in [9.17, 15) is 13.2 Å². The van der Waals surface area contributed by atoms with Gasteiger partial charge >= 0.3 is 6.03 Å². The first-order chi connectivity index (χ1) is 12.5. The van der Waals surface area contributed by atoms with Crippen molar-refractivity contribution in [3.05, 3.63) is 36.2 Å². The Morgan fingerprint density at radius 3 is 2.92 bits per heavy atom. The molecule has 2 atom stereocenters. The number of hydrogen-bond donors (Lipinski definition) is 2. The molecule has 10 heteroatoms. The van der Waals surface area contributed by atoms with Gasteiger partial charge in [0.2, 0.25) is 0 Å². The molecule has 2 aromatic rings. The summed E-state index contributed by atoms with van der Waals surface area (Å²) in [6, 6.07) is 8.51. The molecule has 2 aliphatic rings. The predicted octanol–water partition coefficient (Wildman–Crippen LogP) is 0.0170. The highest BCUT2D eigenvalue weighted by Crippen LogP contribution is 2.21.